The maximum Gasteiger partial charge on any atom is 0.150 e. The maximum absolute atomic E-state index is 8.80. The highest BCUT2D eigenvalue weighted by atomic mass is 35.6. The van der Waals surface area contributed by atoms with E-state index in [0.29, 0.717) is 6.61 Å². The third-order valence-corrected chi connectivity index (χ3v) is 11.8. The van der Waals surface area contributed by atoms with Gasteiger partial charge in [0.2, 0.25) is 0 Å². The fraction of sp³-hybridized carbons (Fsp3) is 1.00. The molecule has 0 unspecified atom stereocenters. The second-order valence-corrected chi connectivity index (χ2v) is 21.9. The van der Waals surface area contributed by atoms with Crippen LogP contribution < -0.4 is 0 Å². The summed E-state index contributed by atoms with van der Waals surface area (Å²) in [4.78, 5) is 0. The van der Waals surface area contributed by atoms with Crippen molar-refractivity contribution < 1.29 is 5.11 Å². The fourth-order valence-corrected chi connectivity index (χ4v) is 8.16. The van der Waals surface area contributed by atoms with Crippen LogP contribution in [0.15, 0.2) is 0 Å². The van der Waals surface area contributed by atoms with E-state index < -0.39 is 7.38 Å². The van der Waals surface area contributed by atoms with Crippen molar-refractivity contribution in [2.45, 2.75) is 250 Å². The summed E-state index contributed by atoms with van der Waals surface area (Å²) in [7, 11) is -1.31. The largest absolute Gasteiger partial charge is 0.396 e. The topological polar surface area (TPSA) is 20.2 Å². The van der Waals surface area contributed by atoms with E-state index in [4.69, 9.17) is 16.2 Å². The predicted molar refractivity (Wildman–Crippen MR) is 201 cm³/mol. The van der Waals surface area contributed by atoms with Gasteiger partial charge >= 0.3 is 0 Å². The third kappa shape index (κ3) is 42.5. The molecule has 0 aliphatic rings. The van der Waals surface area contributed by atoms with Gasteiger partial charge in [-0.25, -0.2) is 0 Å². The van der Waals surface area contributed by atoms with Crippen LogP contribution in [0.3, 0.4) is 0 Å². The molecular weight excluding hydrogens is 560 g/mol. The van der Waals surface area contributed by atoms with Crippen molar-refractivity contribution in [3.63, 3.8) is 0 Å². The van der Waals surface area contributed by atoms with Gasteiger partial charge in [-0.3, -0.25) is 0 Å². The molecule has 1 N–H and O–H groups in total. The van der Waals surface area contributed by atoms with E-state index in [1.165, 1.54) is 231 Å². The predicted octanol–water partition coefficient (Wildman–Crippen LogP) is 15.5. The number of rotatable bonds is 38. The molecule has 0 atom stereocenters. The Balaban J connectivity index is 3.05. The first-order valence-corrected chi connectivity index (χ1v) is 24.6. The van der Waals surface area contributed by atoms with Crippen molar-refractivity contribution in [1.29, 1.82) is 0 Å². The number of aliphatic hydroxyl groups excluding tert-OH is 1. The van der Waals surface area contributed by atoms with Crippen LogP contribution in [-0.2, 0) is 0 Å². The van der Waals surface area contributed by atoms with Crippen molar-refractivity contribution in [3.05, 3.63) is 0 Å². The molecular formula is C40H83ClOSi. The van der Waals surface area contributed by atoms with Crippen LogP contribution in [-0.4, -0.2) is 19.1 Å². The van der Waals surface area contributed by atoms with E-state index in [1.807, 2.05) is 0 Å². The SMILES string of the molecule is C[Si](C)(Cl)CCCCCCCCCCCCCCCCCCCCCCCCCCCCCCCCCCCCCCO. The van der Waals surface area contributed by atoms with Crippen molar-refractivity contribution in [2.75, 3.05) is 6.61 Å². The molecule has 0 bridgehead atoms. The van der Waals surface area contributed by atoms with E-state index in [2.05, 4.69) is 13.1 Å². The molecule has 0 aliphatic heterocycles. The Kier molecular flexibility index (Phi) is 37.3. The van der Waals surface area contributed by atoms with Gasteiger partial charge < -0.3 is 5.11 Å². The fourth-order valence-electron chi connectivity index (χ4n) is 6.67. The Morgan fingerprint density at radius 3 is 0.558 bits per heavy atom. The molecule has 0 rings (SSSR count). The average molecular weight is 644 g/mol. The lowest BCUT2D eigenvalue weighted by Gasteiger charge is -2.11. The average Bonchev–Trinajstić information content (AvgIpc) is 2.98. The Morgan fingerprint density at radius 2 is 0.419 bits per heavy atom. The summed E-state index contributed by atoms with van der Waals surface area (Å²) >= 11 is 6.40. The molecule has 3 heteroatoms. The van der Waals surface area contributed by atoms with E-state index in [9.17, 15) is 0 Å². The zero-order valence-electron chi connectivity index (χ0n) is 30.2. The molecule has 0 saturated carbocycles. The highest BCUT2D eigenvalue weighted by Crippen LogP contribution is 2.20. The summed E-state index contributed by atoms with van der Waals surface area (Å²) in [5, 5.41) is 8.80. The lowest BCUT2D eigenvalue weighted by Crippen LogP contribution is -2.14. The number of hydrogen-bond acceptors (Lipinski definition) is 1. The van der Waals surface area contributed by atoms with Crippen LogP contribution in [0.4, 0.5) is 0 Å². The molecule has 0 fully saturated rings. The number of halogens is 1. The van der Waals surface area contributed by atoms with Crippen LogP contribution >= 0.6 is 11.1 Å². The Morgan fingerprint density at radius 1 is 0.279 bits per heavy atom. The summed E-state index contributed by atoms with van der Waals surface area (Å²) in [6, 6.07) is 1.30. The first-order chi connectivity index (χ1) is 21.1. The van der Waals surface area contributed by atoms with Gasteiger partial charge in [0.05, 0.1) is 0 Å². The standard InChI is InChI=1S/C40H83ClOSi/c1-43(2,41)40-38-36-34-32-30-28-26-24-22-20-18-16-14-12-10-8-6-4-3-5-7-9-11-13-15-17-19-21-23-25-27-29-31-33-35-37-39-42/h42H,3-40H2,1-2H3. The number of unbranched alkanes of at least 4 members (excludes halogenated alkanes) is 35. The summed E-state index contributed by atoms with van der Waals surface area (Å²) < 4.78 is 0. The highest BCUT2D eigenvalue weighted by molar-refractivity contribution is 7.19. The van der Waals surface area contributed by atoms with Crippen LogP contribution in [0.1, 0.15) is 231 Å². The summed E-state index contributed by atoms with van der Waals surface area (Å²) in [5.74, 6) is 0. The zero-order chi connectivity index (χ0) is 31.4. The van der Waals surface area contributed by atoms with E-state index in [1.54, 1.807) is 0 Å². The molecule has 0 aromatic carbocycles. The van der Waals surface area contributed by atoms with E-state index >= 15 is 0 Å². The molecule has 0 radical (unpaired) electrons. The molecule has 0 saturated heterocycles. The lowest BCUT2D eigenvalue weighted by atomic mass is 10.0. The molecule has 0 aliphatic carbocycles. The minimum atomic E-state index is -1.31. The molecule has 43 heavy (non-hydrogen) atoms. The van der Waals surface area contributed by atoms with Gasteiger partial charge in [-0.2, -0.15) is 11.1 Å². The molecule has 1 nitrogen and oxygen atoms in total. The molecule has 0 aromatic rings. The maximum atomic E-state index is 8.80. The van der Waals surface area contributed by atoms with Gasteiger partial charge in [0.25, 0.3) is 0 Å². The van der Waals surface area contributed by atoms with Gasteiger partial charge in [-0.05, 0) is 12.5 Å². The van der Waals surface area contributed by atoms with Gasteiger partial charge in [0, 0.05) is 6.61 Å². The van der Waals surface area contributed by atoms with Crippen molar-refractivity contribution in [2.24, 2.45) is 0 Å². The minimum Gasteiger partial charge on any atom is -0.396 e. The van der Waals surface area contributed by atoms with Crippen LogP contribution in [0.25, 0.3) is 0 Å². The highest BCUT2D eigenvalue weighted by Gasteiger charge is 2.15. The second-order valence-electron chi connectivity index (χ2n) is 14.9. The van der Waals surface area contributed by atoms with Gasteiger partial charge in [-0.1, -0.05) is 238 Å². The lowest BCUT2D eigenvalue weighted by molar-refractivity contribution is 0.282. The first-order valence-electron chi connectivity index (χ1n) is 20.4. The van der Waals surface area contributed by atoms with Gasteiger partial charge in [-0.15, -0.1) is 0 Å². The van der Waals surface area contributed by atoms with E-state index in [-0.39, 0.29) is 0 Å². The minimum absolute atomic E-state index is 0.373. The first kappa shape index (κ1) is 43.5. The smallest absolute Gasteiger partial charge is 0.150 e. The van der Waals surface area contributed by atoms with Crippen LogP contribution in [0, 0.1) is 0 Å². The summed E-state index contributed by atoms with van der Waals surface area (Å²) in [6.45, 7) is 4.92. The number of hydrogen-bond donors (Lipinski definition) is 1. The number of aliphatic hydroxyl groups is 1. The third-order valence-electron chi connectivity index (χ3n) is 9.68. The van der Waals surface area contributed by atoms with Gasteiger partial charge in [0.15, 0.2) is 0 Å². The van der Waals surface area contributed by atoms with Crippen LogP contribution in [0.5, 0.6) is 0 Å². The monoisotopic (exact) mass is 643 g/mol. The second kappa shape index (κ2) is 36.9. The van der Waals surface area contributed by atoms with Gasteiger partial charge in [0.1, 0.15) is 7.38 Å². The Hall–Kier alpha value is 0.467. The summed E-state index contributed by atoms with van der Waals surface area (Å²) in [5.41, 5.74) is 0. The molecule has 0 spiro atoms. The molecule has 0 heterocycles. The van der Waals surface area contributed by atoms with Crippen molar-refractivity contribution in [3.8, 4) is 0 Å². The van der Waals surface area contributed by atoms with Crippen molar-refractivity contribution in [1.82, 2.24) is 0 Å². The Labute approximate surface area is 279 Å². The summed E-state index contributed by atoms with van der Waals surface area (Å²) in [6.07, 6.45) is 51.7. The van der Waals surface area contributed by atoms with E-state index in [0.717, 1.165) is 6.42 Å². The normalized spacial score (nSPS) is 12.0. The van der Waals surface area contributed by atoms with Crippen molar-refractivity contribution >= 4 is 18.5 Å². The quantitative estimate of drug-likeness (QED) is 0.0403. The zero-order valence-corrected chi connectivity index (χ0v) is 32.0. The molecule has 260 valence electrons. The molecule has 0 amide bonds. The Bertz CT molecular complexity index is 491. The molecule has 0 aromatic heterocycles. The van der Waals surface area contributed by atoms with Crippen LogP contribution in [0.2, 0.25) is 19.1 Å².